The zero-order chi connectivity index (χ0) is 45.4. The van der Waals surface area contributed by atoms with E-state index in [1.54, 1.807) is 0 Å². The summed E-state index contributed by atoms with van der Waals surface area (Å²) in [6, 6.07) is 77.3. The monoisotopic (exact) mass is 882 g/mol. The zero-order valence-electron chi connectivity index (χ0n) is 37.1. The van der Waals surface area contributed by atoms with Gasteiger partial charge in [-0.15, -0.1) is 0 Å². The average Bonchev–Trinajstić information content (AvgIpc) is 4.12. The summed E-state index contributed by atoms with van der Waals surface area (Å²) in [5.41, 5.74) is 22.1. The lowest BCUT2D eigenvalue weighted by Crippen LogP contribution is -1.89. The predicted molar refractivity (Wildman–Crippen MR) is 282 cm³/mol. The maximum absolute atomic E-state index is 6.76. The summed E-state index contributed by atoms with van der Waals surface area (Å²) in [4.78, 5) is 9.50. The molecule has 5 heterocycles. The molecule has 0 aliphatic rings. The Morgan fingerprint density at radius 1 is 0.232 bits per heavy atom. The van der Waals surface area contributed by atoms with Crippen molar-refractivity contribution in [2.45, 2.75) is 0 Å². The molecule has 9 aromatic carbocycles. The van der Waals surface area contributed by atoms with Gasteiger partial charge < -0.3 is 13.3 Å². The number of fused-ring (bicyclic) bond motifs is 9. The molecule has 0 aliphatic heterocycles. The number of pyridine rings is 2. The summed E-state index contributed by atoms with van der Waals surface area (Å²) >= 11 is 0. The van der Waals surface area contributed by atoms with Crippen LogP contribution in [0.15, 0.2) is 244 Å². The molecule has 5 nitrogen and oxygen atoms in total. The van der Waals surface area contributed by atoms with Crippen LogP contribution in [0.2, 0.25) is 0 Å². The van der Waals surface area contributed by atoms with Crippen molar-refractivity contribution >= 4 is 66.1 Å². The molecule has 0 spiro atoms. The Bertz CT molecular complexity index is 4330. The summed E-state index contributed by atoms with van der Waals surface area (Å²) in [7, 11) is 0. The molecule has 0 amide bonds. The maximum atomic E-state index is 6.76. The van der Waals surface area contributed by atoms with Crippen molar-refractivity contribution in [2.75, 3.05) is 0 Å². The van der Waals surface area contributed by atoms with Gasteiger partial charge in [0.2, 0.25) is 0 Å². The van der Waals surface area contributed by atoms with Crippen molar-refractivity contribution in [3.63, 3.8) is 0 Å². The predicted octanol–water partition coefficient (Wildman–Crippen LogP) is 17.8. The lowest BCUT2D eigenvalue weighted by Gasteiger charge is -2.14. The van der Waals surface area contributed by atoms with Gasteiger partial charge in [0.1, 0.15) is 33.4 Å². The SMILES string of the molecule is c1ccc(-c2cc(-c3cccc(-c4cccc(-c5ccc6oc7ccccc7c6c5)c4)c3)cc(-c3cc(-c4cccc(-c5ccc6oc7cccnc7c6c5)c4)cc4c3oc3cccnc34)c2)cc1. The molecule has 0 aliphatic carbocycles. The summed E-state index contributed by atoms with van der Waals surface area (Å²) in [5, 5.41) is 4.21. The molecule has 0 bridgehead atoms. The normalized spacial score (nSPS) is 11.8. The van der Waals surface area contributed by atoms with Crippen LogP contribution in [0, 0.1) is 0 Å². The van der Waals surface area contributed by atoms with Crippen molar-refractivity contribution in [1.29, 1.82) is 0 Å². The van der Waals surface area contributed by atoms with Gasteiger partial charge in [-0.25, -0.2) is 0 Å². The van der Waals surface area contributed by atoms with Crippen molar-refractivity contribution in [1.82, 2.24) is 9.97 Å². The fourth-order valence-electron chi connectivity index (χ4n) is 10.1. The molecular weight excluding hydrogens is 845 g/mol. The summed E-state index contributed by atoms with van der Waals surface area (Å²) < 4.78 is 19.0. The molecule has 0 fully saturated rings. The first kappa shape index (κ1) is 38.9. The third-order valence-electron chi connectivity index (χ3n) is 13.5. The number of nitrogens with zero attached hydrogens (tertiary/aromatic N) is 2. The van der Waals surface area contributed by atoms with Crippen LogP contribution < -0.4 is 0 Å². The van der Waals surface area contributed by atoms with Gasteiger partial charge in [-0.2, -0.15) is 0 Å². The molecule has 14 aromatic rings. The lowest BCUT2D eigenvalue weighted by atomic mass is 9.90. The van der Waals surface area contributed by atoms with Crippen LogP contribution >= 0.6 is 0 Å². The topological polar surface area (TPSA) is 65.2 Å². The summed E-state index contributed by atoms with van der Waals surface area (Å²) in [6.07, 6.45) is 3.65. The van der Waals surface area contributed by atoms with Crippen molar-refractivity contribution in [3.8, 4) is 77.9 Å². The highest BCUT2D eigenvalue weighted by Crippen LogP contribution is 2.43. The molecule has 69 heavy (non-hydrogen) atoms. The molecule has 0 radical (unpaired) electrons. The smallest absolute Gasteiger partial charge is 0.153 e. The fraction of sp³-hybridized carbons (Fsp3) is 0. The minimum atomic E-state index is 0.751. The van der Waals surface area contributed by atoms with E-state index in [-0.39, 0.29) is 0 Å². The summed E-state index contributed by atoms with van der Waals surface area (Å²) in [5.74, 6) is 0. The molecule has 0 atom stereocenters. The number of aromatic nitrogens is 2. The molecule has 0 saturated carbocycles. The Balaban J connectivity index is 0.899. The van der Waals surface area contributed by atoms with Crippen molar-refractivity contribution < 1.29 is 13.3 Å². The van der Waals surface area contributed by atoms with Crippen LogP contribution in [-0.4, -0.2) is 9.97 Å². The van der Waals surface area contributed by atoms with Gasteiger partial charge in [0, 0.05) is 39.5 Å². The first-order valence-electron chi connectivity index (χ1n) is 23.2. The number of rotatable bonds is 7. The highest BCUT2D eigenvalue weighted by Gasteiger charge is 2.19. The molecule has 322 valence electrons. The van der Waals surface area contributed by atoms with E-state index in [0.29, 0.717) is 0 Å². The van der Waals surface area contributed by atoms with Gasteiger partial charge in [0.25, 0.3) is 0 Å². The molecular formula is C64H38N2O3. The molecule has 0 saturated heterocycles. The first-order valence-corrected chi connectivity index (χ1v) is 23.2. The van der Waals surface area contributed by atoms with Crippen LogP contribution in [0.4, 0.5) is 0 Å². The van der Waals surface area contributed by atoms with Crippen molar-refractivity contribution in [3.05, 3.63) is 231 Å². The first-order chi connectivity index (χ1) is 34.1. The lowest BCUT2D eigenvalue weighted by molar-refractivity contribution is 0.668. The average molecular weight is 883 g/mol. The number of benzene rings is 9. The minimum Gasteiger partial charge on any atom is -0.456 e. The number of hydrogen-bond acceptors (Lipinski definition) is 5. The fourth-order valence-corrected chi connectivity index (χ4v) is 10.1. The van der Waals surface area contributed by atoms with E-state index < -0.39 is 0 Å². The zero-order valence-corrected chi connectivity index (χ0v) is 37.1. The Hall–Kier alpha value is -9.32. The molecule has 0 N–H and O–H groups in total. The van der Waals surface area contributed by atoms with Gasteiger partial charge in [0.15, 0.2) is 11.2 Å². The highest BCUT2D eigenvalue weighted by atomic mass is 16.3. The molecule has 5 heteroatoms. The van der Waals surface area contributed by atoms with E-state index in [1.807, 2.05) is 54.9 Å². The maximum Gasteiger partial charge on any atom is 0.153 e. The third kappa shape index (κ3) is 6.70. The van der Waals surface area contributed by atoms with Crippen molar-refractivity contribution in [2.24, 2.45) is 0 Å². The number of furan rings is 3. The van der Waals surface area contributed by atoms with Crippen LogP contribution in [0.5, 0.6) is 0 Å². The van der Waals surface area contributed by atoms with E-state index in [0.717, 1.165) is 144 Å². The Kier molecular flexibility index (Phi) is 8.83. The van der Waals surface area contributed by atoms with Crippen LogP contribution in [0.3, 0.4) is 0 Å². The molecule has 0 unspecified atom stereocenters. The molecule has 5 aromatic heterocycles. The third-order valence-corrected chi connectivity index (χ3v) is 13.5. The number of para-hydroxylation sites is 1. The van der Waals surface area contributed by atoms with Crippen LogP contribution in [0.25, 0.3) is 144 Å². The second kappa shape index (κ2) is 15.7. The second-order valence-corrected chi connectivity index (χ2v) is 17.7. The van der Waals surface area contributed by atoms with E-state index >= 15 is 0 Å². The van der Waals surface area contributed by atoms with E-state index in [2.05, 4.69) is 181 Å². The van der Waals surface area contributed by atoms with Crippen LogP contribution in [-0.2, 0) is 0 Å². The van der Waals surface area contributed by atoms with Gasteiger partial charge in [-0.05, 0) is 175 Å². The second-order valence-electron chi connectivity index (χ2n) is 17.7. The standard InChI is InChI=1S/C64H38N2O3/c1-2-11-39(12-3-1)48-32-49(44-17-7-14-41(30-44)40-13-6-15-42(29-40)46-23-25-58-54(35-46)52-19-4-5-20-57(52)67-58)34-51(33-48)53-37-50(38-56-63-61(69-64(53)56)22-10-28-66-63)45-18-8-16-43(31-45)47-24-26-59-55(36-47)62-60(68-59)21-9-27-65-62/h1-38H. The number of hydrogen-bond donors (Lipinski definition) is 0. The van der Waals surface area contributed by atoms with Gasteiger partial charge in [-0.3, -0.25) is 9.97 Å². The minimum absolute atomic E-state index is 0.751. The quantitative estimate of drug-likeness (QED) is 0.160. The highest BCUT2D eigenvalue weighted by molar-refractivity contribution is 6.11. The largest absolute Gasteiger partial charge is 0.456 e. The van der Waals surface area contributed by atoms with E-state index in [1.165, 1.54) is 0 Å². The Morgan fingerprint density at radius 3 is 1.32 bits per heavy atom. The van der Waals surface area contributed by atoms with E-state index in [4.69, 9.17) is 18.2 Å². The van der Waals surface area contributed by atoms with Gasteiger partial charge >= 0.3 is 0 Å². The Labute approximate surface area is 396 Å². The van der Waals surface area contributed by atoms with Gasteiger partial charge in [0.05, 0.1) is 0 Å². The van der Waals surface area contributed by atoms with Crippen LogP contribution in [0.1, 0.15) is 0 Å². The van der Waals surface area contributed by atoms with E-state index in [9.17, 15) is 0 Å². The Morgan fingerprint density at radius 2 is 0.652 bits per heavy atom. The van der Waals surface area contributed by atoms with Gasteiger partial charge in [-0.1, -0.05) is 115 Å². The summed E-state index contributed by atoms with van der Waals surface area (Å²) in [6.45, 7) is 0. The molecule has 14 rings (SSSR count).